The third kappa shape index (κ3) is 3.06. The van der Waals surface area contributed by atoms with E-state index in [0.29, 0.717) is 6.07 Å². The molecule has 0 fully saturated rings. The zero-order chi connectivity index (χ0) is 12.3. The van der Waals surface area contributed by atoms with E-state index < -0.39 is 17.7 Å². The van der Waals surface area contributed by atoms with Crippen molar-refractivity contribution in [3.63, 3.8) is 0 Å². The van der Waals surface area contributed by atoms with Crippen molar-refractivity contribution in [1.82, 2.24) is 4.98 Å². The quantitative estimate of drug-likeness (QED) is 0.843. The molecule has 1 heterocycles. The van der Waals surface area contributed by atoms with Crippen LogP contribution in [0.4, 0.5) is 13.2 Å². The fraction of sp³-hybridized carbons (Fsp3) is 0.375. The molecule has 0 aliphatic carbocycles. The molecule has 1 aromatic rings. The molecule has 8 heteroatoms. The maximum absolute atomic E-state index is 11.9. The van der Waals surface area contributed by atoms with Crippen LogP contribution in [0.2, 0.25) is 0 Å². The molecule has 0 radical (unpaired) electrons. The Balaban J connectivity index is 3.16. The Kier molecular flexibility index (Phi) is 3.69. The number of H-pyrrole nitrogens is 1. The molecule has 0 aromatic carbocycles. The van der Waals surface area contributed by atoms with Crippen molar-refractivity contribution in [3.8, 4) is 11.8 Å². The van der Waals surface area contributed by atoms with E-state index in [-0.39, 0.29) is 17.3 Å². The lowest BCUT2D eigenvalue weighted by Crippen LogP contribution is -2.20. The Bertz CT molecular complexity index is 430. The lowest BCUT2D eigenvalue weighted by Gasteiger charge is -2.11. The van der Waals surface area contributed by atoms with Crippen molar-refractivity contribution in [3.05, 3.63) is 21.9 Å². The number of alkyl halides is 4. The Morgan fingerprint density at radius 2 is 2.12 bits per heavy atom. The fourth-order valence-electron chi connectivity index (χ4n) is 1.02. The molecule has 1 N–H and O–H groups in total. The summed E-state index contributed by atoms with van der Waals surface area (Å²) in [6, 6.07) is 0.660. The molecule has 0 amide bonds. The van der Waals surface area contributed by atoms with Crippen LogP contribution in [-0.2, 0) is 5.88 Å². The molecule has 0 aliphatic heterocycles. The smallest absolute Gasteiger partial charge is 0.482 e. The monoisotopic (exact) mass is 257 g/mol. The molecule has 1 rings (SSSR count). The van der Waals surface area contributed by atoms with Crippen LogP contribution in [0.15, 0.2) is 10.9 Å². The van der Waals surface area contributed by atoms with Gasteiger partial charge in [-0.2, -0.15) is 0 Å². The lowest BCUT2D eigenvalue weighted by atomic mass is 10.3. The van der Waals surface area contributed by atoms with Crippen LogP contribution in [0.5, 0.6) is 11.8 Å². The van der Waals surface area contributed by atoms with Crippen molar-refractivity contribution in [1.29, 1.82) is 0 Å². The topological polar surface area (TPSA) is 51.3 Å². The first-order chi connectivity index (χ1) is 7.37. The number of rotatable bonds is 3. The van der Waals surface area contributed by atoms with Gasteiger partial charge in [0.2, 0.25) is 11.8 Å². The zero-order valence-electron chi connectivity index (χ0n) is 8.02. The molecule has 0 atom stereocenters. The molecule has 0 unspecified atom stereocenters. The van der Waals surface area contributed by atoms with Crippen LogP contribution in [-0.4, -0.2) is 18.5 Å². The summed E-state index contributed by atoms with van der Waals surface area (Å²) in [5.74, 6) is -1.07. The summed E-state index contributed by atoms with van der Waals surface area (Å²) in [6.07, 6.45) is -4.88. The first kappa shape index (κ1) is 12.7. The predicted octanol–water partition coefficient (Wildman–Crippen LogP) is 2.02. The first-order valence-electron chi connectivity index (χ1n) is 3.99. The van der Waals surface area contributed by atoms with Gasteiger partial charge in [0.25, 0.3) is 0 Å². The summed E-state index contributed by atoms with van der Waals surface area (Å²) in [7, 11) is 1.19. The summed E-state index contributed by atoms with van der Waals surface area (Å²) in [5.41, 5.74) is -0.649. The van der Waals surface area contributed by atoms with E-state index in [9.17, 15) is 18.0 Å². The molecular formula is C8H7ClF3NO3. The van der Waals surface area contributed by atoms with Gasteiger partial charge in [0.15, 0.2) is 5.43 Å². The second-order valence-corrected chi connectivity index (χ2v) is 2.96. The second-order valence-electron chi connectivity index (χ2n) is 2.69. The Morgan fingerprint density at radius 3 is 2.56 bits per heavy atom. The molecule has 0 spiro atoms. The van der Waals surface area contributed by atoms with Crippen LogP contribution in [0, 0.1) is 0 Å². The number of nitrogens with one attached hydrogen (secondary N) is 1. The highest BCUT2D eigenvalue weighted by molar-refractivity contribution is 6.17. The van der Waals surface area contributed by atoms with Gasteiger partial charge in [-0.05, 0) is 0 Å². The van der Waals surface area contributed by atoms with Gasteiger partial charge in [0.1, 0.15) is 0 Å². The van der Waals surface area contributed by atoms with Gasteiger partial charge in [-0.25, -0.2) is 0 Å². The summed E-state index contributed by atoms with van der Waals surface area (Å²) in [4.78, 5) is 13.5. The van der Waals surface area contributed by atoms with Gasteiger partial charge >= 0.3 is 6.36 Å². The molecule has 1 aromatic heterocycles. The maximum Gasteiger partial charge on any atom is 0.574 e. The molecular weight excluding hydrogens is 251 g/mol. The van der Waals surface area contributed by atoms with Crippen molar-refractivity contribution in [2.75, 3.05) is 7.11 Å². The van der Waals surface area contributed by atoms with E-state index >= 15 is 0 Å². The number of ether oxygens (including phenoxy) is 2. The SMILES string of the molecule is COc1[nH]c(OC(F)(F)F)cc(=O)c1CCl. The second kappa shape index (κ2) is 4.65. The van der Waals surface area contributed by atoms with E-state index in [0.717, 1.165) is 0 Å². The number of aromatic amines is 1. The van der Waals surface area contributed by atoms with E-state index in [4.69, 9.17) is 11.6 Å². The van der Waals surface area contributed by atoms with Crippen LogP contribution in [0.1, 0.15) is 5.56 Å². The van der Waals surface area contributed by atoms with Crippen molar-refractivity contribution < 1.29 is 22.6 Å². The normalized spacial score (nSPS) is 11.3. The van der Waals surface area contributed by atoms with E-state index in [1.165, 1.54) is 7.11 Å². The summed E-state index contributed by atoms with van der Waals surface area (Å²) in [6.45, 7) is 0. The standard InChI is InChI=1S/C8H7ClF3NO3/c1-15-7-4(3-9)5(14)2-6(13-7)16-8(10,11)12/h2H,3H2,1H3,(H,13,14). The zero-order valence-corrected chi connectivity index (χ0v) is 8.78. The van der Waals surface area contributed by atoms with Crippen LogP contribution >= 0.6 is 11.6 Å². The molecule has 16 heavy (non-hydrogen) atoms. The molecule has 90 valence electrons. The average Bonchev–Trinajstić information content (AvgIpc) is 2.14. The van der Waals surface area contributed by atoms with Gasteiger partial charge in [0, 0.05) is 6.07 Å². The highest BCUT2D eigenvalue weighted by Crippen LogP contribution is 2.23. The van der Waals surface area contributed by atoms with Crippen LogP contribution < -0.4 is 14.9 Å². The number of hydrogen-bond donors (Lipinski definition) is 1. The van der Waals surface area contributed by atoms with Crippen molar-refractivity contribution >= 4 is 11.6 Å². The van der Waals surface area contributed by atoms with Crippen LogP contribution in [0.25, 0.3) is 0 Å². The Hall–Kier alpha value is -1.37. The Labute approximate surface area is 92.9 Å². The summed E-state index contributed by atoms with van der Waals surface area (Å²) < 4.78 is 43.9. The lowest BCUT2D eigenvalue weighted by molar-refractivity contribution is -0.276. The highest BCUT2D eigenvalue weighted by Gasteiger charge is 2.32. The van der Waals surface area contributed by atoms with E-state index in [1.807, 2.05) is 0 Å². The van der Waals surface area contributed by atoms with Crippen molar-refractivity contribution in [2.45, 2.75) is 12.2 Å². The number of hydrogen-bond acceptors (Lipinski definition) is 3. The molecule has 0 saturated carbocycles. The Morgan fingerprint density at radius 1 is 1.50 bits per heavy atom. The fourth-order valence-corrected chi connectivity index (χ4v) is 1.28. The first-order valence-corrected chi connectivity index (χ1v) is 4.52. The average molecular weight is 258 g/mol. The predicted molar refractivity (Wildman–Crippen MR) is 49.9 cm³/mol. The third-order valence-electron chi connectivity index (χ3n) is 1.63. The van der Waals surface area contributed by atoms with E-state index in [2.05, 4.69) is 14.5 Å². The minimum absolute atomic E-state index is 0.0405. The number of aromatic nitrogens is 1. The maximum atomic E-state index is 11.9. The summed E-state index contributed by atoms with van der Waals surface area (Å²) >= 11 is 5.44. The van der Waals surface area contributed by atoms with Gasteiger partial charge in [-0.15, -0.1) is 24.8 Å². The van der Waals surface area contributed by atoms with Gasteiger partial charge in [-0.1, -0.05) is 0 Å². The van der Waals surface area contributed by atoms with Crippen LogP contribution in [0.3, 0.4) is 0 Å². The molecule has 0 bridgehead atoms. The van der Waals surface area contributed by atoms with Gasteiger partial charge < -0.3 is 9.47 Å². The van der Waals surface area contributed by atoms with Gasteiger partial charge in [-0.3, -0.25) is 9.78 Å². The summed E-state index contributed by atoms with van der Waals surface area (Å²) in [5, 5.41) is 0. The number of halogens is 4. The molecule has 0 saturated heterocycles. The minimum atomic E-state index is -4.88. The molecule has 4 nitrogen and oxygen atoms in total. The van der Waals surface area contributed by atoms with E-state index in [1.54, 1.807) is 0 Å². The molecule has 0 aliphatic rings. The highest BCUT2D eigenvalue weighted by atomic mass is 35.5. The third-order valence-corrected chi connectivity index (χ3v) is 1.90. The van der Waals surface area contributed by atoms with Crippen molar-refractivity contribution in [2.24, 2.45) is 0 Å². The van der Waals surface area contributed by atoms with Gasteiger partial charge in [0.05, 0.1) is 18.6 Å². The minimum Gasteiger partial charge on any atom is -0.482 e. The number of methoxy groups -OCH3 is 1. The number of pyridine rings is 1. The largest absolute Gasteiger partial charge is 0.574 e.